The molecule has 38 heavy (non-hydrogen) atoms. The molecule has 4 aromatic rings. The van der Waals surface area contributed by atoms with E-state index >= 15 is 0 Å². The Kier molecular flexibility index (Phi) is 7.51. The van der Waals surface area contributed by atoms with Gasteiger partial charge in [-0.2, -0.15) is 5.10 Å². The number of hydrogen-bond acceptors (Lipinski definition) is 8. The molecular formula is C28H27FN8O. The van der Waals surface area contributed by atoms with Crippen LogP contribution in [-0.4, -0.2) is 47.1 Å². The second-order valence-electron chi connectivity index (χ2n) is 8.48. The number of nitrogens with two attached hydrogens (primary N) is 1. The molecule has 3 N–H and O–H groups in total. The minimum atomic E-state index is -0.313. The molecular weight excluding hydrogens is 483 g/mol. The highest BCUT2D eigenvalue weighted by atomic mass is 19.1. The average molecular weight is 511 g/mol. The van der Waals surface area contributed by atoms with Crippen LogP contribution >= 0.6 is 0 Å². The Morgan fingerprint density at radius 2 is 1.82 bits per heavy atom. The van der Waals surface area contributed by atoms with Gasteiger partial charge in [-0.3, -0.25) is 4.98 Å². The number of ether oxygens (including phenoxy) is 1. The quantitative estimate of drug-likeness (QED) is 0.202. The fourth-order valence-corrected chi connectivity index (χ4v) is 4.03. The van der Waals surface area contributed by atoms with E-state index in [1.54, 1.807) is 48.0 Å². The third-order valence-electron chi connectivity index (χ3n) is 5.96. The number of halogens is 1. The number of aromatic nitrogens is 3. The molecule has 0 bridgehead atoms. The number of hydrogen-bond donors (Lipinski definition) is 2. The van der Waals surface area contributed by atoms with Crippen LogP contribution in [0.15, 0.2) is 97.1 Å². The van der Waals surface area contributed by atoms with E-state index in [4.69, 9.17) is 10.5 Å². The molecule has 0 aliphatic carbocycles. The first kappa shape index (κ1) is 24.8. The van der Waals surface area contributed by atoms with Crippen LogP contribution in [0, 0.1) is 5.82 Å². The van der Waals surface area contributed by atoms with Crippen LogP contribution in [0.25, 0.3) is 11.3 Å². The van der Waals surface area contributed by atoms with Crippen molar-refractivity contribution in [3.8, 4) is 11.3 Å². The zero-order valence-corrected chi connectivity index (χ0v) is 20.7. The van der Waals surface area contributed by atoms with Gasteiger partial charge in [-0.05, 0) is 60.7 Å². The van der Waals surface area contributed by atoms with Crippen LogP contribution < -0.4 is 21.0 Å². The summed E-state index contributed by atoms with van der Waals surface area (Å²) < 4.78 is 19.9. The second kappa shape index (κ2) is 11.5. The van der Waals surface area contributed by atoms with E-state index in [0.29, 0.717) is 36.3 Å². The summed E-state index contributed by atoms with van der Waals surface area (Å²) in [6, 6.07) is 17.8. The lowest BCUT2D eigenvalue weighted by molar-refractivity contribution is 0.122. The minimum Gasteiger partial charge on any atom is -0.382 e. The topological polar surface area (TPSA) is 105 Å². The summed E-state index contributed by atoms with van der Waals surface area (Å²) in [7, 11) is 0. The maximum Gasteiger partial charge on any atom is 0.227 e. The molecule has 3 heterocycles. The largest absolute Gasteiger partial charge is 0.382 e. The number of nitrogens with zero attached hydrogens (tertiary/aromatic N) is 6. The lowest BCUT2D eigenvalue weighted by atomic mass is 10.1. The van der Waals surface area contributed by atoms with Crippen molar-refractivity contribution in [2.24, 2.45) is 10.8 Å². The first-order valence-electron chi connectivity index (χ1n) is 12.1. The number of rotatable bonds is 8. The smallest absolute Gasteiger partial charge is 0.227 e. The molecule has 2 aromatic heterocycles. The molecule has 0 saturated carbocycles. The van der Waals surface area contributed by atoms with Gasteiger partial charge in [0.2, 0.25) is 5.95 Å². The second-order valence-corrected chi connectivity index (χ2v) is 8.48. The van der Waals surface area contributed by atoms with Gasteiger partial charge in [-0.1, -0.05) is 6.58 Å². The molecule has 0 radical (unpaired) electrons. The third kappa shape index (κ3) is 5.93. The summed E-state index contributed by atoms with van der Waals surface area (Å²) in [6.07, 6.45) is 6.54. The van der Waals surface area contributed by atoms with E-state index in [1.165, 1.54) is 12.1 Å². The van der Waals surface area contributed by atoms with E-state index in [-0.39, 0.29) is 5.82 Å². The normalized spacial score (nSPS) is 13.7. The van der Waals surface area contributed by atoms with Gasteiger partial charge in [0.15, 0.2) is 5.84 Å². The number of morpholine rings is 1. The first-order chi connectivity index (χ1) is 18.6. The van der Waals surface area contributed by atoms with Crippen LogP contribution in [0.5, 0.6) is 0 Å². The highest BCUT2D eigenvalue weighted by Crippen LogP contribution is 2.27. The number of benzene rings is 2. The molecule has 192 valence electrons. The first-order valence-corrected chi connectivity index (χ1v) is 12.1. The molecule has 1 aliphatic heterocycles. The van der Waals surface area contributed by atoms with Gasteiger partial charge in [0.1, 0.15) is 5.82 Å². The van der Waals surface area contributed by atoms with Gasteiger partial charge in [-0.15, -0.1) is 0 Å². The van der Waals surface area contributed by atoms with Gasteiger partial charge in [0.05, 0.1) is 24.6 Å². The molecule has 0 unspecified atom stereocenters. The van der Waals surface area contributed by atoms with Crippen LogP contribution in [-0.2, 0) is 4.74 Å². The molecule has 1 saturated heterocycles. The Labute approximate surface area is 220 Å². The van der Waals surface area contributed by atoms with Crippen molar-refractivity contribution in [1.82, 2.24) is 15.0 Å². The van der Waals surface area contributed by atoms with Crippen molar-refractivity contribution < 1.29 is 9.13 Å². The van der Waals surface area contributed by atoms with E-state index in [1.807, 2.05) is 30.3 Å². The van der Waals surface area contributed by atoms with Crippen molar-refractivity contribution in [2.45, 2.75) is 0 Å². The average Bonchev–Trinajstić information content (AvgIpc) is 2.97. The van der Waals surface area contributed by atoms with Gasteiger partial charge in [-0.25, -0.2) is 19.4 Å². The Hall–Kier alpha value is -4.83. The van der Waals surface area contributed by atoms with Crippen molar-refractivity contribution >= 4 is 28.8 Å². The molecule has 10 heteroatoms. The van der Waals surface area contributed by atoms with Crippen LogP contribution in [0.4, 0.5) is 27.4 Å². The summed E-state index contributed by atoms with van der Waals surface area (Å²) in [5, 5.41) is 9.23. The van der Waals surface area contributed by atoms with E-state index in [9.17, 15) is 4.39 Å². The fourth-order valence-electron chi connectivity index (χ4n) is 4.03. The number of nitrogens with one attached hydrogen (secondary N) is 1. The van der Waals surface area contributed by atoms with Gasteiger partial charge in [0.25, 0.3) is 0 Å². The Morgan fingerprint density at radius 3 is 2.55 bits per heavy atom. The summed E-state index contributed by atoms with van der Waals surface area (Å²) in [5.41, 5.74) is 10.5. The number of hydrazone groups is 1. The van der Waals surface area contributed by atoms with Crippen LogP contribution in [0.2, 0.25) is 0 Å². The van der Waals surface area contributed by atoms with Gasteiger partial charge < -0.3 is 20.7 Å². The summed E-state index contributed by atoms with van der Waals surface area (Å²) in [6.45, 7) is 6.53. The number of anilines is 4. The minimum absolute atomic E-state index is 0.313. The van der Waals surface area contributed by atoms with Crippen molar-refractivity contribution in [2.75, 3.05) is 41.5 Å². The highest BCUT2D eigenvalue weighted by molar-refractivity contribution is 5.97. The zero-order valence-electron chi connectivity index (χ0n) is 20.7. The molecule has 5 rings (SSSR count). The third-order valence-corrected chi connectivity index (χ3v) is 5.96. The molecule has 9 nitrogen and oxygen atoms in total. The van der Waals surface area contributed by atoms with Gasteiger partial charge >= 0.3 is 0 Å². The maximum absolute atomic E-state index is 14.5. The van der Waals surface area contributed by atoms with Crippen molar-refractivity contribution in [3.63, 3.8) is 0 Å². The lowest BCUT2D eigenvalue weighted by Gasteiger charge is -2.29. The Morgan fingerprint density at radius 1 is 1.05 bits per heavy atom. The number of pyridine rings is 1. The van der Waals surface area contributed by atoms with Gasteiger partial charge in [0, 0.05) is 60.4 Å². The lowest BCUT2D eigenvalue weighted by Crippen LogP contribution is -2.36. The summed E-state index contributed by atoms with van der Waals surface area (Å²) >= 11 is 0. The summed E-state index contributed by atoms with van der Waals surface area (Å²) in [5.74, 6) is 0.425. The predicted molar refractivity (Wildman–Crippen MR) is 148 cm³/mol. The molecule has 2 aromatic carbocycles. The standard InChI is InChI=1S/C28H27FN8O/c1-2-37(35-27(30)20-7-10-31-11-8-20)24-5-3-23(4-6-24)33-28-32-12-9-26(34-28)21-17-22(29)19-25(18-21)36-13-15-38-16-14-36/h2-12,17-19H,1,13-16H2,(H2,30,35)(H,32,33,34). The molecule has 1 aliphatic rings. The fraction of sp³-hybridized carbons (Fsp3) is 0.143. The highest BCUT2D eigenvalue weighted by Gasteiger charge is 2.14. The SMILES string of the molecule is C=CN(/N=C(\N)c1ccncc1)c1ccc(Nc2nccc(-c3cc(F)cc(N4CCOCC4)c3)n2)cc1. The monoisotopic (exact) mass is 510 g/mol. The molecule has 0 amide bonds. The molecule has 1 fully saturated rings. The zero-order chi connectivity index (χ0) is 26.3. The van der Waals surface area contributed by atoms with E-state index in [0.717, 1.165) is 35.7 Å². The molecule has 0 spiro atoms. The number of amidine groups is 1. The van der Waals surface area contributed by atoms with E-state index in [2.05, 4.69) is 36.8 Å². The predicted octanol–water partition coefficient (Wildman–Crippen LogP) is 4.53. The Bertz CT molecular complexity index is 1420. The maximum atomic E-state index is 14.5. The van der Waals surface area contributed by atoms with Crippen molar-refractivity contribution in [1.29, 1.82) is 0 Å². The van der Waals surface area contributed by atoms with Crippen LogP contribution in [0.3, 0.4) is 0 Å². The summed E-state index contributed by atoms with van der Waals surface area (Å²) in [4.78, 5) is 15.0. The van der Waals surface area contributed by atoms with Crippen LogP contribution in [0.1, 0.15) is 5.56 Å². The van der Waals surface area contributed by atoms with Crippen molar-refractivity contribution in [3.05, 3.63) is 103 Å². The molecule has 0 atom stereocenters. The Balaban J connectivity index is 1.32. The van der Waals surface area contributed by atoms with E-state index < -0.39 is 0 Å².